The molecule has 1 aliphatic rings. The second-order valence-corrected chi connectivity index (χ2v) is 7.34. The van der Waals surface area contributed by atoms with Crippen LogP contribution in [0.2, 0.25) is 0 Å². The molecule has 0 bridgehead atoms. The molecular weight excluding hydrogens is 332 g/mol. The number of aliphatic hydroxyl groups excluding tert-OH is 1. The van der Waals surface area contributed by atoms with Crippen LogP contribution in [0.4, 0.5) is 0 Å². The van der Waals surface area contributed by atoms with E-state index in [-0.39, 0.29) is 17.1 Å². The second-order valence-electron chi connectivity index (χ2n) is 6.49. The van der Waals surface area contributed by atoms with E-state index in [0.29, 0.717) is 12.2 Å². The highest BCUT2D eigenvalue weighted by Gasteiger charge is 2.38. The van der Waals surface area contributed by atoms with Crippen molar-refractivity contribution in [1.29, 1.82) is 0 Å². The van der Waals surface area contributed by atoms with Gasteiger partial charge in [-0.1, -0.05) is 20.4 Å². The highest BCUT2D eigenvalue weighted by molar-refractivity contribution is 9.10. The maximum Gasteiger partial charge on any atom is 0.133 e. The van der Waals surface area contributed by atoms with Crippen LogP contribution >= 0.6 is 15.9 Å². The smallest absolute Gasteiger partial charge is 0.133 e. The van der Waals surface area contributed by atoms with Crippen LogP contribution in [0.25, 0.3) is 0 Å². The molecule has 4 heteroatoms. The van der Waals surface area contributed by atoms with E-state index in [1.807, 2.05) is 6.07 Å². The summed E-state index contributed by atoms with van der Waals surface area (Å²) in [5.41, 5.74) is 1.75. The first kappa shape index (κ1) is 16.4. The van der Waals surface area contributed by atoms with E-state index < -0.39 is 6.10 Å². The zero-order valence-corrected chi connectivity index (χ0v) is 14.4. The molecule has 1 saturated carbocycles. The van der Waals surface area contributed by atoms with Crippen molar-refractivity contribution in [3.8, 4) is 11.5 Å². The average Bonchev–Trinajstić information content (AvgIpc) is 2.41. The Morgan fingerprint density at radius 1 is 1.43 bits per heavy atom. The van der Waals surface area contributed by atoms with Crippen LogP contribution in [0.1, 0.15) is 32.3 Å². The van der Waals surface area contributed by atoms with Crippen molar-refractivity contribution in [1.82, 2.24) is 0 Å². The van der Waals surface area contributed by atoms with Gasteiger partial charge in [-0.2, -0.15) is 0 Å². The number of methoxy groups -OCH3 is 1. The molecular formula is C17H23BrO3. The van der Waals surface area contributed by atoms with Crippen molar-refractivity contribution in [3.05, 3.63) is 34.3 Å². The standard InChI is InChI=1S/C17H23BrO3/c1-10-12(17(2,3)6-5-14(10)19)7-11-8-16(21-4)13(18)9-15(11)20/h8-9,12,14,19-20H,1,5-7H2,2-4H3/t12-,14+/m0/s1. The quantitative estimate of drug-likeness (QED) is 0.804. The molecule has 0 unspecified atom stereocenters. The molecule has 0 aliphatic heterocycles. The highest BCUT2D eigenvalue weighted by Crippen LogP contribution is 2.46. The average molecular weight is 355 g/mol. The Balaban J connectivity index is 2.33. The molecule has 1 aliphatic carbocycles. The summed E-state index contributed by atoms with van der Waals surface area (Å²) in [5.74, 6) is 1.08. The lowest BCUT2D eigenvalue weighted by Gasteiger charge is -2.42. The van der Waals surface area contributed by atoms with E-state index in [4.69, 9.17) is 4.74 Å². The zero-order valence-electron chi connectivity index (χ0n) is 12.8. The molecule has 0 saturated heterocycles. The Bertz CT molecular complexity index is 551. The first-order valence-electron chi connectivity index (χ1n) is 7.18. The van der Waals surface area contributed by atoms with Gasteiger partial charge in [-0.05, 0) is 69.8 Å². The summed E-state index contributed by atoms with van der Waals surface area (Å²) in [6.45, 7) is 8.48. The fraction of sp³-hybridized carbons (Fsp3) is 0.529. The van der Waals surface area contributed by atoms with Crippen LogP contribution in [0.15, 0.2) is 28.8 Å². The number of ether oxygens (including phenoxy) is 1. The molecule has 1 fully saturated rings. The number of phenols is 1. The van der Waals surface area contributed by atoms with Gasteiger partial charge in [0.25, 0.3) is 0 Å². The van der Waals surface area contributed by atoms with Gasteiger partial charge >= 0.3 is 0 Å². The summed E-state index contributed by atoms with van der Waals surface area (Å²) in [4.78, 5) is 0. The van der Waals surface area contributed by atoms with Crippen LogP contribution in [-0.2, 0) is 6.42 Å². The number of halogens is 1. The summed E-state index contributed by atoms with van der Waals surface area (Å²) in [7, 11) is 1.61. The van der Waals surface area contributed by atoms with E-state index in [0.717, 1.165) is 28.5 Å². The SMILES string of the molecule is C=C1[C@H](O)CCC(C)(C)[C@H]1Cc1cc(OC)c(Br)cc1O. The van der Waals surface area contributed by atoms with E-state index in [9.17, 15) is 10.2 Å². The minimum atomic E-state index is -0.442. The number of hydrogen-bond donors (Lipinski definition) is 2. The van der Waals surface area contributed by atoms with Crippen LogP contribution < -0.4 is 4.74 Å². The van der Waals surface area contributed by atoms with Crippen molar-refractivity contribution in [2.75, 3.05) is 7.11 Å². The highest BCUT2D eigenvalue weighted by atomic mass is 79.9. The van der Waals surface area contributed by atoms with Gasteiger partial charge in [0.2, 0.25) is 0 Å². The maximum absolute atomic E-state index is 10.2. The van der Waals surface area contributed by atoms with Crippen LogP contribution in [-0.4, -0.2) is 23.4 Å². The molecule has 3 nitrogen and oxygen atoms in total. The summed E-state index contributed by atoms with van der Waals surface area (Å²) in [5, 5.41) is 20.3. The number of benzene rings is 1. The van der Waals surface area contributed by atoms with E-state index >= 15 is 0 Å². The third-order valence-electron chi connectivity index (χ3n) is 4.66. The van der Waals surface area contributed by atoms with Gasteiger partial charge in [0.1, 0.15) is 11.5 Å². The number of aliphatic hydroxyl groups is 1. The van der Waals surface area contributed by atoms with E-state index in [2.05, 4.69) is 36.4 Å². The third kappa shape index (κ3) is 3.27. The van der Waals surface area contributed by atoms with Crippen molar-refractivity contribution >= 4 is 15.9 Å². The molecule has 1 aromatic rings. The summed E-state index contributed by atoms with van der Waals surface area (Å²) < 4.78 is 6.03. The summed E-state index contributed by atoms with van der Waals surface area (Å²) in [6.07, 6.45) is 1.92. The molecule has 1 aromatic carbocycles. The Kier molecular flexibility index (Phi) is 4.69. The normalized spacial score (nSPS) is 24.9. The van der Waals surface area contributed by atoms with Gasteiger partial charge in [0, 0.05) is 0 Å². The molecule has 2 N–H and O–H groups in total. The molecule has 0 spiro atoms. The maximum atomic E-state index is 10.2. The van der Waals surface area contributed by atoms with Gasteiger partial charge in [-0.3, -0.25) is 0 Å². The van der Waals surface area contributed by atoms with Gasteiger partial charge in [0.05, 0.1) is 17.7 Å². The van der Waals surface area contributed by atoms with Crippen LogP contribution in [0.5, 0.6) is 11.5 Å². The lowest BCUT2D eigenvalue weighted by atomic mass is 9.64. The fourth-order valence-electron chi connectivity index (χ4n) is 3.13. The fourth-order valence-corrected chi connectivity index (χ4v) is 3.63. The molecule has 0 heterocycles. The zero-order chi connectivity index (χ0) is 15.8. The van der Waals surface area contributed by atoms with Gasteiger partial charge < -0.3 is 14.9 Å². The number of hydrogen-bond acceptors (Lipinski definition) is 3. The molecule has 0 aromatic heterocycles. The number of rotatable bonds is 3. The lowest BCUT2D eigenvalue weighted by molar-refractivity contribution is 0.0866. The predicted octanol–water partition coefficient (Wildman–Crippen LogP) is 4.06. The number of aromatic hydroxyl groups is 1. The summed E-state index contributed by atoms with van der Waals surface area (Å²) in [6, 6.07) is 3.51. The number of phenolic OH excluding ortho intramolecular Hbond substituents is 1. The molecule has 116 valence electrons. The molecule has 21 heavy (non-hydrogen) atoms. The van der Waals surface area contributed by atoms with Crippen molar-refractivity contribution in [2.24, 2.45) is 11.3 Å². The van der Waals surface area contributed by atoms with E-state index in [1.54, 1.807) is 13.2 Å². The Morgan fingerprint density at radius 2 is 2.10 bits per heavy atom. The predicted molar refractivity (Wildman–Crippen MR) is 87.7 cm³/mol. The monoisotopic (exact) mass is 354 g/mol. The minimum Gasteiger partial charge on any atom is -0.508 e. The first-order chi connectivity index (χ1) is 9.76. The van der Waals surface area contributed by atoms with E-state index in [1.165, 1.54) is 0 Å². The minimum absolute atomic E-state index is 0.0586. The molecule has 2 atom stereocenters. The van der Waals surface area contributed by atoms with Gasteiger partial charge in [-0.25, -0.2) is 0 Å². The molecule has 0 amide bonds. The third-order valence-corrected chi connectivity index (χ3v) is 5.28. The van der Waals surface area contributed by atoms with Crippen molar-refractivity contribution in [2.45, 2.75) is 39.2 Å². The Labute approximate surface area is 134 Å². The van der Waals surface area contributed by atoms with Gasteiger partial charge in [-0.15, -0.1) is 0 Å². The largest absolute Gasteiger partial charge is 0.508 e. The molecule has 2 rings (SSSR count). The first-order valence-corrected chi connectivity index (χ1v) is 7.97. The van der Waals surface area contributed by atoms with Crippen molar-refractivity contribution in [3.63, 3.8) is 0 Å². The lowest BCUT2D eigenvalue weighted by Crippen LogP contribution is -2.37. The van der Waals surface area contributed by atoms with Gasteiger partial charge in [0.15, 0.2) is 0 Å². The second kappa shape index (κ2) is 6.01. The summed E-state index contributed by atoms with van der Waals surface area (Å²) >= 11 is 3.37. The molecule has 0 radical (unpaired) electrons. The Morgan fingerprint density at radius 3 is 2.71 bits per heavy atom. The van der Waals surface area contributed by atoms with Crippen molar-refractivity contribution < 1.29 is 14.9 Å². The van der Waals surface area contributed by atoms with Crippen LogP contribution in [0, 0.1) is 11.3 Å². The Hall–Kier alpha value is -1.00. The topological polar surface area (TPSA) is 49.7 Å². The van der Waals surface area contributed by atoms with Crippen LogP contribution in [0.3, 0.4) is 0 Å².